The van der Waals surface area contributed by atoms with Gasteiger partial charge in [0.15, 0.2) is 5.78 Å². The summed E-state index contributed by atoms with van der Waals surface area (Å²) in [7, 11) is 0. The van der Waals surface area contributed by atoms with Gasteiger partial charge in [-0.3, -0.25) is 9.59 Å². The summed E-state index contributed by atoms with van der Waals surface area (Å²) < 4.78 is 5.56. The van der Waals surface area contributed by atoms with E-state index < -0.39 is 10.8 Å². The Morgan fingerprint density at radius 2 is 2.16 bits per heavy atom. The van der Waals surface area contributed by atoms with Crippen molar-refractivity contribution in [1.29, 1.82) is 0 Å². The number of carboxylic acid groups (broad SMARTS) is 1. The number of hydrogen-bond acceptors (Lipinski definition) is 3. The molecule has 1 unspecified atom stereocenters. The number of ether oxygens (including phenoxy) is 1. The molecule has 0 fully saturated rings. The number of carbonyl (C=O) groups excluding carboxylic acids is 1. The minimum atomic E-state index is -1.000. The molecular weight excluding hydrogens is 312 g/mol. The minimum absolute atomic E-state index is 0.125. The maximum Gasteiger partial charge on any atom is 0.304 e. The van der Waals surface area contributed by atoms with E-state index in [0.29, 0.717) is 12.2 Å². The molecule has 4 nitrogen and oxygen atoms in total. The van der Waals surface area contributed by atoms with Crippen molar-refractivity contribution in [2.45, 2.75) is 30.5 Å². The highest BCUT2D eigenvalue weighted by atomic mass is 79.9. The van der Waals surface area contributed by atoms with Crippen LogP contribution in [0, 0.1) is 0 Å². The number of carboxylic acids is 1. The molecule has 0 aromatic heterocycles. The molecule has 0 radical (unpaired) electrons. The second kappa shape index (κ2) is 4.96. The summed E-state index contributed by atoms with van der Waals surface area (Å²) in [5.41, 5.74) is 1.38. The quantitative estimate of drug-likeness (QED) is 0.682. The van der Waals surface area contributed by atoms with Gasteiger partial charge in [0.2, 0.25) is 0 Å². The van der Waals surface area contributed by atoms with E-state index in [9.17, 15) is 9.59 Å². The molecule has 1 atom stereocenters. The highest BCUT2D eigenvalue weighted by molar-refractivity contribution is 9.10. The molecule has 0 saturated carbocycles. The van der Waals surface area contributed by atoms with E-state index in [4.69, 9.17) is 9.84 Å². The number of aliphatic carboxylic acids is 1. The number of alkyl halides is 1. The van der Waals surface area contributed by atoms with Crippen LogP contribution in [0.15, 0.2) is 18.2 Å². The third-order valence-electron chi connectivity index (χ3n) is 3.22. The molecule has 5 heteroatoms. The molecule has 1 aromatic carbocycles. The zero-order valence-corrected chi connectivity index (χ0v) is 12.4. The monoisotopic (exact) mass is 326 g/mol. The summed E-state index contributed by atoms with van der Waals surface area (Å²) in [5.74, 6) is -0.418. The normalized spacial score (nSPS) is 17.4. The summed E-state index contributed by atoms with van der Waals surface area (Å²) in [6.45, 7) is 4.69. The second-order valence-electron chi connectivity index (χ2n) is 5.31. The largest absolute Gasteiger partial charge is 0.492 e. The second-order valence-corrected chi connectivity index (χ2v) is 6.42. The van der Waals surface area contributed by atoms with Crippen LogP contribution < -0.4 is 4.74 Å². The molecule has 0 spiro atoms. The Balaban J connectivity index is 2.28. The summed E-state index contributed by atoms with van der Waals surface area (Å²) in [4.78, 5) is 22.1. The van der Waals surface area contributed by atoms with E-state index in [1.54, 1.807) is 18.2 Å². The van der Waals surface area contributed by atoms with Gasteiger partial charge in [0.05, 0.1) is 17.9 Å². The van der Waals surface area contributed by atoms with Crippen LogP contribution in [0.1, 0.15) is 36.2 Å². The van der Waals surface area contributed by atoms with Crippen LogP contribution in [-0.2, 0) is 10.2 Å². The summed E-state index contributed by atoms with van der Waals surface area (Å²) in [6.07, 6.45) is -0.226. The SMILES string of the molecule is CC1(C)COc2ccc(C(=O)C(Br)CC(=O)O)cc21. The first-order valence-electron chi connectivity index (χ1n) is 5.98. The molecule has 0 bridgehead atoms. The molecule has 19 heavy (non-hydrogen) atoms. The van der Waals surface area contributed by atoms with Crippen molar-refractivity contribution in [2.75, 3.05) is 6.61 Å². The number of benzene rings is 1. The van der Waals surface area contributed by atoms with Crippen molar-refractivity contribution in [3.63, 3.8) is 0 Å². The minimum Gasteiger partial charge on any atom is -0.492 e. The van der Waals surface area contributed by atoms with Crippen LogP contribution in [0.3, 0.4) is 0 Å². The first-order chi connectivity index (χ1) is 8.81. The van der Waals surface area contributed by atoms with Crippen molar-refractivity contribution in [3.8, 4) is 5.75 Å². The Bertz CT molecular complexity index is 536. The Kier molecular flexibility index (Phi) is 3.67. The van der Waals surface area contributed by atoms with Gasteiger partial charge < -0.3 is 9.84 Å². The van der Waals surface area contributed by atoms with Crippen LogP contribution in [0.25, 0.3) is 0 Å². The topological polar surface area (TPSA) is 63.6 Å². The van der Waals surface area contributed by atoms with E-state index in [2.05, 4.69) is 29.8 Å². The van der Waals surface area contributed by atoms with Crippen molar-refractivity contribution >= 4 is 27.7 Å². The standard InChI is InChI=1S/C14H15BrO4/c1-14(2)7-19-11-4-3-8(5-9(11)14)13(18)10(15)6-12(16)17/h3-5,10H,6-7H2,1-2H3,(H,16,17). The number of carbonyl (C=O) groups is 2. The van der Waals surface area contributed by atoms with Gasteiger partial charge in [-0.05, 0) is 18.2 Å². The first-order valence-corrected chi connectivity index (χ1v) is 6.90. The number of fused-ring (bicyclic) bond motifs is 1. The highest BCUT2D eigenvalue weighted by Crippen LogP contribution is 2.39. The lowest BCUT2D eigenvalue weighted by Gasteiger charge is -2.16. The maximum atomic E-state index is 12.1. The van der Waals surface area contributed by atoms with Crippen LogP contribution in [0.2, 0.25) is 0 Å². The maximum absolute atomic E-state index is 12.1. The fourth-order valence-corrected chi connectivity index (χ4v) is 2.64. The lowest BCUT2D eigenvalue weighted by atomic mass is 9.85. The van der Waals surface area contributed by atoms with Gasteiger partial charge in [0.25, 0.3) is 0 Å². The molecule has 0 aliphatic carbocycles. The van der Waals surface area contributed by atoms with Crippen molar-refractivity contribution in [1.82, 2.24) is 0 Å². The Morgan fingerprint density at radius 3 is 2.79 bits per heavy atom. The predicted molar refractivity (Wildman–Crippen MR) is 74.3 cm³/mol. The smallest absolute Gasteiger partial charge is 0.304 e. The van der Waals surface area contributed by atoms with Gasteiger partial charge in [-0.1, -0.05) is 29.8 Å². The van der Waals surface area contributed by atoms with Crippen LogP contribution in [-0.4, -0.2) is 28.3 Å². The van der Waals surface area contributed by atoms with Gasteiger partial charge in [0.1, 0.15) is 5.75 Å². The Morgan fingerprint density at radius 1 is 1.47 bits per heavy atom. The number of rotatable bonds is 4. The third kappa shape index (κ3) is 2.81. The molecule has 1 heterocycles. The zero-order chi connectivity index (χ0) is 14.2. The molecule has 102 valence electrons. The van der Waals surface area contributed by atoms with Gasteiger partial charge in [-0.25, -0.2) is 0 Å². The summed E-state index contributed by atoms with van der Waals surface area (Å²) in [5, 5.41) is 8.72. The van der Waals surface area contributed by atoms with Crippen molar-refractivity contribution < 1.29 is 19.4 Å². The van der Waals surface area contributed by atoms with E-state index >= 15 is 0 Å². The van der Waals surface area contributed by atoms with Gasteiger partial charge in [-0.15, -0.1) is 0 Å². The fraction of sp³-hybridized carbons (Fsp3) is 0.429. The first kappa shape index (κ1) is 14.1. The number of ketones is 1. The van der Waals surface area contributed by atoms with Gasteiger partial charge in [0, 0.05) is 16.5 Å². The molecule has 2 rings (SSSR count). The highest BCUT2D eigenvalue weighted by Gasteiger charge is 2.33. The Labute approximate surface area is 119 Å². The predicted octanol–water partition coefficient (Wildman–Crippen LogP) is 2.78. The molecular formula is C14H15BrO4. The van der Waals surface area contributed by atoms with Crippen molar-refractivity contribution in [3.05, 3.63) is 29.3 Å². The average molecular weight is 327 g/mol. The molecule has 0 saturated heterocycles. The average Bonchev–Trinajstić information content (AvgIpc) is 2.63. The molecule has 1 aromatic rings. The fourth-order valence-electron chi connectivity index (χ4n) is 2.10. The third-order valence-corrected chi connectivity index (χ3v) is 3.96. The molecule has 0 amide bonds. The number of halogens is 1. The molecule has 1 N–H and O–H groups in total. The van der Waals surface area contributed by atoms with Crippen molar-refractivity contribution in [2.24, 2.45) is 0 Å². The van der Waals surface area contributed by atoms with E-state index in [1.807, 2.05) is 0 Å². The Hall–Kier alpha value is -1.36. The van der Waals surface area contributed by atoms with Crippen LogP contribution >= 0.6 is 15.9 Å². The van der Waals surface area contributed by atoms with E-state index in [0.717, 1.165) is 11.3 Å². The summed E-state index contributed by atoms with van der Waals surface area (Å²) in [6, 6.07) is 5.26. The number of hydrogen-bond donors (Lipinski definition) is 1. The molecule has 1 aliphatic heterocycles. The van der Waals surface area contributed by atoms with Gasteiger partial charge in [-0.2, -0.15) is 0 Å². The summed E-state index contributed by atoms with van der Waals surface area (Å²) >= 11 is 3.13. The van der Waals surface area contributed by atoms with Crippen LogP contribution in [0.5, 0.6) is 5.75 Å². The lowest BCUT2D eigenvalue weighted by molar-refractivity contribution is -0.136. The lowest BCUT2D eigenvalue weighted by Crippen LogP contribution is -2.20. The molecule has 1 aliphatic rings. The van der Waals surface area contributed by atoms with Crippen LogP contribution in [0.4, 0.5) is 0 Å². The van der Waals surface area contributed by atoms with E-state index in [1.165, 1.54) is 0 Å². The van der Waals surface area contributed by atoms with Gasteiger partial charge >= 0.3 is 5.97 Å². The van der Waals surface area contributed by atoms with E-state index in [-0.39, 0.29) is 17.6 Å². The number of Topliss-reactive ketones (excluding diaryl/α,β-unsaturated/α-hetero) is 1. The zero-order valence-electron chi connectivity index (χ0n) is 10.8.